The highest BCUT2D eigenvalue weighted by molar-refractivity contribution is 5.94. The summed E-state index contributed by atoms with van der Waals surface area (Å²) in [5, 5.41) is 0.792. The summed E-state index contributed by atoms with van der Waals surface area (Å²) >= 11 is 0. The van der Waals surface area contributed by atoms with Gasteiger partial charge in [0.05, 0.1) is 18.0 Å². The lowest BCUT2D eigenvalue weighted by Crippen LogP contribution is -1.99. The molecule has 0 fully saturated rings. The Morgan fingerprint density at radius 3 is 2.36 bits per heavy atom. The Morgan fingerprint density at radius 2 is 1.61 bits per heavy atom. The number of rotatable bonds is 5. The third kappa shape index (κ3) is 3.42. The van der Waals surface area contributed by atoms with Crippen molar-refractivity contribution in [3.05, 3.63) is 78.4 Å². The topological polar surface area (TPSA) is 61.3 Å². The predicted molar refractivity (Wildman–Crippen MR) is 108 cm³/mol. The van der Waals surface area contributed by atoms with Gasteiger partial charge in [-0.2, -0.15) is 4.98 Å². The Balaban J connectivity index is 1.83. The molecule has 0 radical (unpaired) electrons. The monoisotopic (exact) mass is 370 g/mol. The molecule has 5 heteroatoms. The standard InChI is InChI=1S/C23H18N2O3/c1-15(26)17-12-13-20(21(14-17)27-2)28-23-18-10-6-7-11-19(18)24-22(25-23)16-8-4-3-5-9-16/h3-14H,1-2H3. The van der Waals surface area contributed by atoms with Crippen molar-refractivity contribution in [1.82, 2.24) is 9.97 Å². The molecule has 28 heavy (non-hydrogen) atoms. The van der Waals surface area contributed by atoms with Crippen LogP contribution in [-0.4, -0.2) is 22.9 Å². The SMILES string of the molecule is COc1cc(C(C)=O)ccc1Oc1nc(-c2ccccc2)nc2ccccc12. The van der Waals surface area contributed by atoms with Crippen LogP contribution in [-0.2, 0) is 0 Å². The Kier molecular flexibility index (Phi) is 4.72. The number of methoxy groups -OCH3 is 1. The molecular formula is C23H18N2O3. The average Bonchev–Trinajstić information content (AvgIpc) is 2.74. The van der Waals surface area contributed by atoms with Crippen LogP contribution in [0, 0.1) is 0 Å². The molecule has 4 aromatic rings. The van der Waals surface area contributed by atoms with Crippen LogP contribution in [0.1, 0.15) is 17.3 Å². The van der Waals surface area contributed by atoms with E-state index in [4.69, 9.17) is 9.47 Å². The first-order valence-corrected chi connectivity index (χ1v) is 8.85. The molecule has 0 aliphatic rings. The summed E-state index contributed by atoms with van der Waals surface area (Å²) < 4.78 is 11.5. The van der Waals surface area contributed by atoms with Crippen molar-refractivity contribution in [3.63, 3.8) is 0 Å². The summed E-state index contributed by atoms with van der Waals surface area (Å²) in [5.74, 6) is 1.92. The van der Waals surface area contributed by atoms with Crippen molar-refractivity contribution in [3.8, 4) is 28.8 Å². The van der Waals surface area contributed by atoms with Gasteiger partial charge in [0.15, 0.2) is 23.1 Å². The second-order valence-electron chi connectivity index (χ2n) is 6.26. The minimum Gasteiger partial charge on any atom is -0.493 e. The summed E-state index contributed by atoms with van der Waals surface area (Å²) in [6.07, 6.45) is 0. The molecule has 3 aromatic carbocycles. The molecule has 1 aromatic heterocycles. The number of nitrogens with zero attached hydrogens (tertiary/aromatic N) is 2. The molecule has 5 nitrogen and oxygen atoms in total. The third-order valence-corrected chi connectivity index (χ3v) is 4.38. The highest BCUT2D eigenvalue weighted by atomic mass is 16.5. The zero-order chi connectivity index (χ0) is 19.5. The van der Waals surface area contributed by atoms with Gasteiger partial charge in [0.25, 0.3) is 0 Å². The Hall–Kier alpha value is -3.73. The van der Waals surface area contributed by atoms with Crippen LogP contribution in [0.2, 0.25) is 0 Å². The molecular weight excluding hydrogens is 352 g/mol. The van der Waals surface area contributed by atoms with Crippen LogP contribution in [0.3, 0.4) is 0 Å². The van der Waals surface area contributed by atoms with Crippen LogP contribution >= 0.6 is 0 Å². The third-order valence-electron chi connectivity index (χ3n) is 4.38. The van der Waals surface area contributed by atoms with E-state index < -0.39 is 0 Å². The molecule has 0 amide bonds. The van der Waals surface area contributed by atoms with Crippen LogP contribution in [0.4, 0.5) is 0 Å². The van der Waals surface area contributed by atoms with Crippen molar-refractivity contribution in [2.45, 2.75) is 6.92 Å². The summed E-state index contributed by atoms with van der Waals surface area (Å²) in [6.45, 7) is 1.51. The smallest absolute Gasteiger partial charge is 0.230 e. The van der Waals surface area contributed by atoms with Crippen LogP contribution in [0.25, 0.3) is 22.3 Å². The van der Waals surface area contributed by atoms with Gasteiger partial charge in [0, 0.05) is 11.1 Å². The Bertz CT molecular complexity index is 1160. The van der Waals surface area contributed by atoms with E-state index in [2.05, 4.69) is 9.97 Å². The van der Waals surface area contributed by atoms with Crippen molar-refractivity contribution in [2.24, 2.45) is 0 Å². The van der Waals surface area contributed by atoms with Gasteiger partial charge in [-0.05, 0) is 37.3 Å². The van der Waals surface area contributed by atoms with Crippen LogP contribution in [0.15, 0.2) is 72.8 Å². The number of ether oxygens (including phenoxy) is 2. The summed E-state index contributed by atoms with van der Waals surface area (Å²) in [4.78, 5) is 20.9. The number of hydrogen-bond donors (Lipinski definition) is 0. The van der Waals surface area contributed by atoms with Crippen molar-refractivity contribution < 1.29 is 14.3 Å². The van der Waals surface area contributed by atoms with Gasteiger partial charge in [-0.1, -0.05) is 42.5 Å². The van der Waals surface area contributed by atoms with E-state index >= 15 is 0 Å². The summed E-state index contributed by atoms with van der Waals surface area (Å²) in [5.41, 5.74) is 2.24. The molecule has 0 saturated heterocycles. The van der Waals surface area contributed by atoms with Crippen molar-refractivity contribution >= 4 is 16.7 Å². The fraction of sp³-hybridized carbons (Fsp3) is 0.0870. The zero-order valence-corrected chi connectivity index (χ0v) is 15.5. The molecule has 138 valence electrons. The zero-order valence-electron chi connectivity index (χ0n) is 15.5. The molecule has 0 saturated carbocycles. The lowest BCUT2D eigenvalue weighted by molar-refractivity contribution is 0.101. The van der Waals surface area contributed by atoms with Crippen LogP contribution in [0.5, 0.6) is 17.4 Å². The first-order valence-electron chi connectivity index (χ1n) is 8.85. The fourth-order valence-corrected chi connectivity index (χ4v) is 2.92. The molecule has 1 heterocycles. The van der Waals surface area contributed by atoms with Gasteiger partial charge in [-0.25, -0.2) is 4.98 Å². The number of ketones is 1. The van der Waals surface area contributed by atoms with Gasteiger partial charge in [0.1, 0.15) is 0 Å². The molecule has 0 bridgehead atoms. The quantitative estimate of drug-likeness (QED) is 0.446. The lowest BCUT2D eigenvalue weighted by atomic mass is 10.1. The maximum atomic E-state index is 11.6. The molecule has 0 aliphatic heterocycles. The van der Waals surface area contributed by atoms with E-state index in [-0.39, 0.29) is 5.78 Å². The molecule has 0 atom stereocenters. The van der Waals surface area contributed by atoms with Gasteiger partial charge in [-0.15, -0.1) is 0 Å². The van der Waals surface area contributed by atoms with E-state index in [1.165, 1.54) is 6.92 Å². The number of aromatic nitrogens is 2. The molecule has 0 N–H and O–H groups in total. The second-order valence-corrected chi connectivity index (χ2v) is 6.26. The molecule has 0 aliphatic carbocycles. The maximum Gasteiger partial charge on any atom is 0.230 e. The molecule has 4 rings (SSSR count). The van der Waals surface area contributed by atoms with E-state index in [9.17, 15) is 4.79 Å². The second kappa shape index (κ2) is 7.48. The predicted octanol–water partition coefficient (Wildman–Crippen LogP) is 5.30. The Morgan fingerprint density at radius 1 is 0.857 bits per heavy atom. The molecule has 0 spiro atoms. The highest BCUT2D eigenvalue weighted by Gasteiger charge is 2.14. The fourth-order valence-electron chi connectivity index (χ4n) is 2.92. The minimum atomic E-state index is -0.0382. The number of fused-ring (bicyclic) bond motifs is 1. The number of hydrogen-bond acceptors (Lipinski definition) is 5. The van der Waals surface area contributed by atoms with Gasteiger partial charge in [-0.3, -0.25) is 4.79 Å². The van der Waals surface area contributed by atoms with E-state index in [1.807, 2.05) is 54.6 Å². The maximum absolute atomic E-state index is 11.6. The number of carbonyl (C=O) groups excluding carboxylic acids is 1. The molecule has 0 unspecified atom stereocenters. The van der Waals surface area contributed by atoms with E-state index in [1.54, 1.807) is 25.3 Å². The van der Waals surface area contributed by atoms with E-state index in [0.29, 0.717) is 28.8 Å². The lowest BCUT2D eigenvalue weighted by Gasteiger charge is -2.13. The summed E-state index contributed by atoms with van der Waals surface area (Å²) in [7, 11) is 1.54. The Labute approximate surface area is 162 Å². The van der Waals surface area contributed by atoms with Crippen LogP contribution < -0.4 is 9.47 Å². The number of benzene rings is 3. The normalized spacial score (nSPS) is 10.6. The summed E-state index contributed by atoms with van der Waals surface area (Å²) in [6, 6.07) is 22.5. The van der Waals surface area contributed by atoms with E-state index in [0.717, 1.165) is 16.5 Å². The van der Waals surface area contributed by atoms with Gasteiger partial charge < -0.3 is 9.47 Å². The van der Waals surface area contributed by atoms with Crippen molar-refractivity contribution in [1.29, 1.82) is 0 Å². The van der Waals surface area contributed by atoms with Gasteiger partial charge >= 0.3 is 0 Å². The first kappa shape index (κ1) is 17.7. The number of carbonyl (C=O) groups is 1. The number of Topliss-reactive ketones (excluding diaryl/α,β-unsaturated/α-hetero) is 1. The van der Waals surface area contributed by atoms with Gasteiger partial charge in [0.2, 0.25) is 5.88 Å². The first-order chi connectivity index (χ1) is 13.7. The van der Waals surface area contributed by atoms with Crippen molar-refractivity contribution in [2.75, 3.05) is 7.11 Å². The number of para-hydroxylation sites is 1. The largest absolute Gasteiger partial charge is 0.493 e. The average molecular weight is 370 g/mol. The minimum absolute atomic E-state index is 0.0382. The highest BCUT2D eigenvalue weighted by Crippen LogP contribution is 2.35.